The minimum atomic E-state index is -0.746. The Kier molecular flexibility index (Phi) is 3.89. The molecular weight excluding hydrogens is 230 g/mol. The number of carboxylic acids is 1. The first-order valence-corrected chi connectivity index (χ1v) is 6.62. The van der Waals surface area contributed by atoms with Crippen molar-refractivity contribution < 1.29 is 9.90 Å². The first-order chi connectivity index (χ1) is 8.58. The summed E-state index contributed by atoms with van der Waals surface area (Å²) >= 11 is 0. The van der Waals surface area contributed by atoms with Gasteiger partial charge in [-0.05, 0) is 18.8 Å². The molecule has 2 heterocycles. The largest absolute Gasteiger partial charge is 0.481 e. The van der Waals surface area contributed by atoms with Crippen LogP contribution >= 0.6 is 0 Å². The predicted octanol–water partition coefficient (Wildman–Crippen LogP) is 1.91. The molecule has 0 saturated carbocycles. The van der Waals surface area contributed by atoms with Crippen LogP contribution in [0, 0.1) is 5.92 Å². The molecule has 5 nitrogen and oxygen atoms in total. The zero-order valence-corrected chi connectivity index (χ0v) is 11.1. The molecule has 0 amide bonds. The van der Waals surface area contributed by atoms with E-state index in [4.69, 9.17) is 5.11 Å². The van der Waals surface area contributed by atoms with Crippen molar-refractivity contribution in [2.45, 2.75) is 46.1 Å². The molecule has 2 rings (SSSR count). The Morgan fingerprint density at radius 3 is 3.00 bits per heavy atom. The van der Waals surface area contributed by atoms with Crippen LogP contribution < -0.4 is 5.32 Å². The van der Waals surface area contributed by atoms with Crippen molar-refractivity contribution in [1.29, 1.82) is 0 Å². The summed E-state index contributed by atoms with van der Waals surface area (Å²) in [6.07, 6.45) is 2.74. The van der Waals surface area contributed by atoms with Crippen LogP contribution in [0.15, 0.2) is 0 Å². The molecule has 2 N–H and O–H groups in total. The fourth-order valence-corrected chi connectivity index (χ4v) is 2.40. The third-order valence-corrected chi connectivity index (χ3v) is 3.17. The highest BCUT2D eigenvalue weighted by Gasteiger charge is 2.20. The maximum Gasteiger partial charge on any atom is 0.303 e. The molecule has 1 aliphatic heterocycles. The van der Waals surface area contributed by atoms with Gasteiger partial charge in [0.1, 0.15) is 0 Å². The summed E-state index contributed by atoms with van der Waals surface area (Å²) in [7, 11) is 0. The monoisotopic (exact) mass is 251 g/mol. The van der Waals surface area contributed by atoms with E-state index in [-0.39, 0.29) is 6.42 Å². The average Bonchev–Trinajstić information content (AvgIpc) is 2.62. The lowest BCUT2D eigenvalue weighted by atomic mass is 10.0. The summed E-state index contributed by atoms with van der Waals surface area (Å²) in [5.41, 5.74) is 2.17. The molecule has 0 aliphatic carbocycles. The number of aromatic nitrogens is 2. The van der Waals surface area contributed by atoms with Gasteiger partial charge in [0.05, 0.1) is 12.1 Å². The Labute approximate surface area is 107 Å². The van der Waals surface area contributed by atoms with Gasteiger partial charge in [-0.2, -0.15) is 0 Å². The highest BCUT2D eigenvalue weighted by Crippen LogP contribution is 2.23. The normalized spacial score (nSPS) is 14.4. The Balaban J connectivity index is 2.26. The van der Waals surface area contributed by atoms with Crippen LogP contribution in [-0.4, -0.2) is 27.2 Å². The van der Waals surface area contributed by atoms with Crippen LogP contribution in [0.25, 0.3) is 0 Å². The topological polar surface area (TPSA) is 67.2 Å². The van der Waals surface area contributed by atoms with Crippen LogP contribution in [0.4, 0.5) is 5.95 Å². The van der Waals surface area contributed by atoms with Gasteiger partial charge < -0.3 is 15.0 Å². The second kappa shape index (κ2) is 5.42. The molecular formula is C13H21N3O2. The number of carboxylic acid groups (broad SMARTS) is 1. The standard InChI is InChI=1S/C13H21N3O2/c1-9(2)8-10-11(4-5-12(17)18)16-7-3-6-14-13(16)15-10/h9H,3-8H2,1-2H3,(H,14,15)(H,17,18). The van der Waals surface area contributed by atoms with E-state index in [0.29, 0.717) is 12.3 Å². The molecule has 0 atom stereocenters. The quantitative estimate of drug-likeness (QED) is 0.839. The first-order valence-electron chi connectivity index (χ1n) is 6.62. The van der Waals surface area contributed by atoms with Gasteiger partial charge in [-0.25, -0.2) is 4.98 Å². The lowest BCUT2D eigenvalue weighted by Crippen LogP contribution is -2.19. The van der Waals surface area contributed by atoms with Crippen molar-refractivity contribution in [3.05, 3.63) is 11.4 Å². The second-order valence-corrected chi connectivity index (χ2v) is 5.25. The van der Waals surface area contributed by atoms with Crippen LogP contribution in [0.3, 0.4) is 0 Å². The number of nitrogens with zero attached hydrogens (tertiary/aromatic N) is 2. The Hall–Kier alpha value is -1.52. The summed E-state index contributed by atoms with van der Waals surface area (Å²) in [6.45, 7) is 6.22. The zero-order valence-electron chi connectivity index (χ0n) is 11.1. The van der Waals surface area contributed by atoms with Crippen molar-refractivity contribution in [1.82, 2.24) is 9.55 Å². The number of nitrogens with one attached hydrogen (secondary N) is 1. The third kappa shape index (κ3) is 2.83. The molecule has 100 valence electrons. The molecule has 0 spiro atoms. The Morgan fingerprint density at radius 1 is 1.56 bits per heavy atom. The lowest BCUT2D eigenvalue weighted by molar-refractivity contribution is -0.136. The van der Waals surface area contributed by atoms with Crippen LogP contribution in [0.5, 0.6) is 0 Å². The molecule has 1 aliphatic rings. The third-order valence-electron chi connectivity index (χ3n) is 3.17. The minimum Gasteiger partial charge on any atom is -0.481 e. The summed E-state index contributed by atoms with van der Waals surface area (Å²) in [4.78, 5) is 15.4. The number of hydrogen-bond acceptors (Lipinski definition) is 3. The van der Waals surface area contributed by atoms with E-state index in [9.17, 15) is 4.79 Å². The summed E-state index contributed by atoms with van der Waals surface area (Å²) < 4.78 is 2.16. The van der Waals surface area contributed by atoms with Gasteiger partial charge in [-0.1, -0.05) is 13.8 Å². The van der Waals surface area contributed by atoms with Crippen LogP contribution in [0.2, 0.25) is 0 Å². The lowest BCUT2D eigenvalue weighted by Gasteiger charge is -2.17. The van der Waals surface area contributed by atoms with Crippen LogP contribution in [0.1, 0.15) is 38.1 Å². The summed E-state index contributed by atoms with van der Waals surface area (Å²) in [5, 5.41) is 12.1. The fourth-order valence-electron chi connectivity index (χ4n) is 2.40. The van der Waals surface area contributed by atoms with Gasteiger partial charge in [0.15, 0.2) is 0 Å². The van der Waals surface area contributed by atoms with E-state index in [1.165, 1.54) is 0 Å². The Bertz CT molecular complexity index is 438. The van der Waals surface area contributed by atoms with Crippen molar-refractivity contribution in [3.63, 3.8) is 0 Å². The molecule has 18 heavy (non-hydrogen) atoms. The fraction of sp³-hybridized carbons (Fsp3) is 0.692. The number of imidazole rings is 1. The van der Waals surface area contributed by atoms with Gasteiger partial charge in [0.25, 0.3) is 0 Å². The van der Waals surface area contributed by atoms with E-state index in [1.807, 2.05) is 0 Å². The van der Waals surface area contributed by atoms with Gasteiger partial charge in [0.2, 0.25) is 5.95 Å². The number of carbonyl (C=O) groups is 1. The van der Waals surface area contributed by atoms with Crippen LogP contribution in [-0.2, 0) is 24.2 Å². The highest BCUT2D eigenvalue weighted by molar-refractivity contribution is 5.67. The molecule has 1 aromatic rings. The number of hydrogen-bond donors (Lipinski definition) is 2. The van der Waals surface area contributed by atoms with Crippen molar-refractivity contribution in [2.75, 3.05) is 11.9 Å². The van der Waals surface area contributed by atoms with Gasteiger partial charge in [-0.3, -0.25) is 4.79 Å². The second-order valence-electron chi connectivity index (χ2n) is 5.25. The maximum atomic E-state index is 10.8. The molecule has 0 radical (unpaired) electrons. The minimum absolute atomic E-state index is 0.177. The number of anilines is 1. The number of fused-ring (bicyclic) bond motifs is 1. The molecule has 1 aromatic heterocycles. The van der Waals surface area contributed by atoms with E-state index >= 15 is 0 Å². The number of aliphatic carboxylic acids is 1. The van der Waals surface area contributed by atoms with Crippen molar-refractivity contribution >= 4 is 11.9 Å². The molecule has 0 fully saturated rings. The van der Waals surface area contributed by atoms with Crippen molar-refractivity contribution in [2.24, 2.45) is 5.92 Å². The first kappa shape index (κ1) is 12.9. The molecule has 0 bridgehead atoms. The van der Waals surface area contributed by atoms with Gasteiger partial charge >= 0.3 is 5.97 Å². The SMILES string of the molecule is CC(C)Cc1nc2n(c1CCC(=O)O)CCCN2. The zero-order chi connectivity index (χ0) is 13.1. The Morgan fingerprint density at radius 2 is 2.33 bits per heavy atom. The average molecular weight is 251 g/mol. The van der Waals surface area contributed by atoms with E-state index in [1.54, 1.807) is 0 Å². The smallest absolute Gasteiger partial charge is 0.303 e. The summed E-state index contributed by atoms with van der Waals surface area (Å²) in [5.74, 6) is 0.702. The maximum absolute atomic E-state index is 10.8. The predicted molar refractivity (Wildman–Crippen MR) is 69.8 cm³/mol. The van der Waals surface area contributed by atoms with E-state index in [2.05, 4.69) is 28.7 Å². The van der Waals surface area contributed by atoms with E-state index < -0.39 is 5.97 Å². The highest BCUT2D eigenvalue weighted by atomic mass is 16.4. The molecule has 0 aromatic carbocycles. The molecule has 0 saturated heterocycles. The molecule has 5 heteroatoms. The van der Waals surface area contributed by atoms with Crippen molar-refractivity contribution in [3.8, 4) is 0 Å². The van der Waals surface area contributed by atoms with E-state index in [0.717, 1.165) is 43.3 Å². The number of rotatable bonds is 5. The molecule has 0 unspecified atom stereocenters. The summed E-state index contributed by atoms with van der Waals surface area (Å²) in [6, 6.07) is 0. The van der Waals surface area contributed by atoms with Gasteiger partial charge in [0, 0.05) is 25.2 Å². The van der Waals surface area contributed by atoms with Gasteiger partial charge in [-0.15, -0.1) is 0 Å².